The Morgan fingerprint density at radius 2 is 2.20 bits per heavy atom. The molecule has 1 saturated carbocycles. The summed E-state index contributed by atoms with van der Waals surface area (Å²) in [6.07, 6.45) is 3.84. The van der Waals surface area contributed by atoms with Crippen molar-refractivity contribution in [1.82, 2.24) is 5.32 Å². The van der Waals surface area contributed by atoms with Gasteiger partial charge in [0.15, 0.2) is 0 Å². The zero-order chi connectivity index (χ0) is 14.7. The molecule has 1 aromatic carbocycles. The summed E-state index contributed by atoms with van der Waals surface area (Å²) in [6.45, 7) is 2.21. The molecule has 0 aromatic heterocycles. The molecule has 0 radical (unpaired) electrons. The lowest BCUT2D eigenvalue weighted by Crippen LogP contribution is -2.39. The predicted octanol–water partition coefficient (Wildman–Crippen LogP) is 3.30. The van der Waals surface area contributed by atoms with Gasteiger partial charge in [-0.2, -0.15) is 0 Å². The van der Waals surface area contributed by atoms with Crippen molar-refractivity contribution in [2.45, 2.75) is 38.6 Å². The van der Waals surface area contributed by atoms with Gasteiger partial charge in [-0.15, -0.1) is 0 Å². The Kier molecular flexibility index (Phi) is 4.70. The summed E-state index contributed by atoms with van der Waals surface area (Å²) in [5, 5.41) is 14.4. The number of rotatable bonds is 4. The molecule has 110 valence electrons. The first-order valence-electron chi connectivity index (χ1n) is 7.11. The number of halogens is 1. The van der Waals surface area contributed by atoms with Crippen LogP contribution in [0.4, 0.5) is 10.1 Å². The van der Waals surface area contributed by atoms with Gasteiger partial charge >= 0.3 is 0 Å². The van der Waals surface area contributed by atoms with Gasteiger partial charge in [-0.3, -0.25) is 10.1 Å². The van der Waals surface area contributed by atoms with Gasteiger partial charge in [-0.05, 0) is 56.7 Å². The molecule has 0 aliphatic heterocycles. The second-order valence-corrected chi connectivity index (χ2v) is 5.81. The Bertz CT molecular complexity index is 493. The first-order valence-corrected chi connectivity index (χ1v) is 7.11. The Balaban J connectivity index is 2.23. The van der Waals surface area contributed by atoms with Gasteiger partial charge in [0, 0.05) is 17.7 Å². The van der Waals surface area contributed by atoms with Crippen molar-refractivity contribution >= 4 is 5.69 Å². The number of hydrogen-bond acceptors (Lipinski definition) is 3. The van der Waals surface area contributed by atoms with Crippen LogP contribution in [0.25, 0.3) is 0 Å². The molecule has 2 rings (SSSR count). The Hall–Kier alpha value is -1.49. The van der Waals surface area contributed by atoms with Crippen molar-refractivity contribution in [3.63, 3.8) is 0 Å². The molecule has 0 heterocycles. The lowest BCUT2D eigenvalue weighted by Gasteiger charge is -2.34. The Labute approximate surface area is 118 Å². The van der Waals surface area contributed by atoms with Crippen LogP contribution in [0.1, 0.15) is 31.7 Å². The second kappa shape index (κ2) is 6.31. The summed E-state index contributed by atoms with van der Waals surface area (Å²) < 4.78 is 13.4. The van der Waals surface area contributed by atoms with Crippen LogP contribution < -0.4 is 5.32 Å². The molecule has 20 heavy (non-hydrogen) atoms. The average Bonchev–Trinajstić information content (AvgIpc) is 2.38. The highest BCUT2D eigenvalue weighted by Gasteiger charge is 2.29. The predicted molar refractivity (Wildman–Crippen MR) is 76.1 cm³/mol. The van der Waals surface area contributed by atoms with E-state index in [-0.39, 0.29) is 5.69 Å². The molecule has 0 saturated heterocycles. The monoisotopic (exact) mass is 280 g/mol. The van der Waals surface area contributed by atoms with Crippen molar-refractivity contribution in [2.24, 2.45) is 11.8 Å². The van der Waals surface area contributed by atoms with E-state index in [4.69, 9.17) is 0 Å². The van der Waals surface area contributed by atoms with Crippen LogP contribution in [0.3, 0.4) is 0 Å². The summed E-state index contributed by atoms with van der Waals surface area (Å²) in [6, 6.07) is 4.09. The number of hydrogen-bond donors (Lipinski definition) is 1. The van der Waals surface area contributed by atoms with E-state index >= 15 is 0 Å². The maximum absolute atomic E-state index is 13.4. The molecule has 0 spiro atoms. The normalized spacial score (nSPS) is 26.4. The molecular formula is C15H21FN2O2. The van der Waals surface area contributed by atoms with Gasteiger partial charge in [-0.1, -0.05) is 6.92 Å². The quantitative estimate of drug-likeness (QED) is 0.680. The summed E-state index contributed by atoms with van der Waals surface area (Å²) >= 11 is 0. The van der Waals surface area contributed by atoms with Gasteiger partial charge in [-0.25, -0.2) is 4.39 Å². The van der Waals surface area contributed by atoms with Crippen molar-refractivity contribution < 1.29 is 9.31 Å². The van der Waals surface area contributed by atoms with Crippen molar-refractivity contribution in [3.05, 3.63) is 39.7 Å². The third kappa shape index (κ3) is 3.33. The Morgan fingerprint density at radius 3 is 2.85 bits per heavy atom. The minimum absolute atomic E-state index is 0.0273. The largest absolute Gasteiger partial charge is 0.317 e. The lowest BCUT2D eigenvalue weighted by molar-refractivity contribution is -0.385. The summed E-state index contributed by atoms with van der Waals surface area (Å²) in [5.74, 6) is 0.539. The highest BCUT2D eigenvalue weighted by Crippen LogP contribution is 2.33. The summed E-state index contributed by atoms with van der Waals surface area (Å²) in [5.41, 5.74) is 0.536. The van der Waals surface area contributed by atoms with Gasteiger partial charge in [0.05, 0.1) is 4.92 Å². The van der Waals surface area contributed by atoms with E-state index in [1.54, 1.807) is 0 Å². The van der Waals surface area contributed by atoms with E-state index in [9.17, 15) is 14.5 Å². The fourth-order valence-corrected chi connectivity index (χ4v) is 3.28. The van der Waals surface area contributed by atoms with Crippen molar-refractivity contribution in [3.8, 4) is 0 Å². The minimum Gasteiger partial charge on any atom is -0.317 e. The third-order valence-electron chi connectivity index (χ3n) is 4.34. The van der Waals surface area contributed by atoms with Gasteiger partial charge in [0.25, 0.3) is 5.69 Å². The molecule has 1 aliphatic carbocycles. The first-order chi connectivity index (χ1) is 9.51. The van der Waals surface area contributed by atoms with E-state index in [1.165, 1.54) is 18.6 Å². The number of nitro benzene ring substituents is 1. The SMILES string of the molecule is CNC1CCC(C)CC1Cc1cc(F)ccc1[N+](=O)[O-]. The standard InChI is InChI=1S/C15H21FN2O2/c1-10-3-5-14(17-2)11(7-10)8-12-9-13(16)4-6-15(12)18(19)20/h4,6,9-11,14,17H,3,5,7-8H2,1-2H3. The average molecular weight is 280 g/mol. The molecule has 4 nitrogen and oxygen atoms in total. The number of nitro groups is 1. The molecule has 0 amide bonds. The molecular weight excluding hydrogens is 259 g/mol. The maximum atomic E-state index is 13.4. The molecule has 3 atom stereocenters. The van der Waals surface area contributed by atoms with E-state index in [0.29, 0.717) is 29.9 Å². The van der Waals surface area contributed by atoms with Crippen LogP contribution in [0.15, 0.2) is 18.2 Å². The first kappa shape index (κ1) is 14.9. The molecule has 1 fully saturated rings. The molecule has 5 heteroatoms. The van der Waals surface area contributed by atoms with Crippen LogP contribution in [0.2, 0.25) is 0 Å². The molecule has 1 N–H and O–H groups in total. The molecule has 3 unspecified atom stereocenters. The van der Waals surface area contributed by atoms with E-state index in [2.05, 4.69) is 12.2 Å². The topological polar surface area (TPSA) is 55.2 Å². The van der Waals surface area contributed by atoms with Crippen LogP contribution in [-0.2, 0) is 6.42 Å². The highest BCUT2D eigenvalue weighted by atomic mass is 19.1. The maximum Gasteiger partial charge on any atom is 0.272 e. The molecule has 1 aliphatic rings. The second-order valence-electron chi connectivity index (χ2n) is 5.81. The van der Waals surface area contributed by atoms with Crippen LogP contribution in [0.5, 0.6) is 0 Å². The molecule has 1 aromatic rings. The van der Waals surface area contributed by atoms with E-state index < -0.39 is 10.7 Å². The van der Waals surface area contributed by atoms with Crippen molar-refractivity contribution in [2.75, 3.05) is 7.05 Å². The number of benzene rings is 1. The van der Waals surface area contributed by atoms with Gasteiger partial charge in [0.1, 0.15) is 5.82 Å². The minimum atomic E-state index is -0.421. The van der Waals surface area contributed by atoms with E-state index in [1.807, 2.05) is 7.05 Å². The molecule has 0 bridgehead atoms. The fourth-order valence-electron chi connectivity index (χ4n) is 3.28. The van der Waals surface area contributed by atoms with Crippen LogP contribution in [-0.4, -0.2) is 18.0 Å². The zero-order valence-electron chi connectivity index (χ0n) is 11.9. The number of nitrogens with one attached hydrogen (secondary N) is 1. The Morgan fingerprint density at radius 1 is 1.45 bits per heavy atom. The smallest absolute Gasteiger partial charge is 0.272 e. The summed E-state index contributed by atoms with van der Waals surface area (Å²) in [7, 11) is 1.92. The van der Waals surface area contributed by atoms with Gasteiger partial charge in [0.2, 0.25) is 0 Å². The van der Waals surface area contributed by atoms with Crippen LogP contribution >= 0.6 is 0 Å². The highest BCUT2D eigenvalue weighted by molar-refractivity contribution is 5.40. The van der Waals surface area contributed by atoms with E-state index in [0.717, 1.165) is 18.9 Å². The third-order valence-corrected chi connectivity index (χ3v) is 4.34. The van der Waals surface area contributed by atoms with Crippen LogP contribution in [0, 0.1) is 27.8 Å². The van der Waals surface area contributed by atoms with Gasteiger partial charge < -0.3 is 5.32 Å². The fraction of sp³-hybridized carbons (Fsp3) is 0.600. The summed E-state index contributed by atoms with van der Waals surface area (Å²) in [4.78, 5) is 10.6. The number of nitrogens with zero attached hydrogens (tertiary/aromatic N) is 1. The van der Waals surface area contributed by atoms with Crippen molar-refractivity contribution in [1.29, 1.82) is 0 Å². The lowest BCUT2D eigenvalue weighted by atomic mass is 9.76. The zero-order valence-corrected chi connectivity index (χ0v) is 11.9.